The van der Waals surface area contributed by atoms with Gasteiger partial charge in [-0.1, -0.05) is 36.4 Å². The molecule has 2 aromatic carbocycles. The van der Waals surface area contributed by atoms with E-state index in [0.717, 1.165) is 52.0 Å². The fourth-order valence-corrected chi connectivity index (χ4v) is 4.36. The van der Waals surface area contributed by atoms with Crippen LogP contribution in [0, 0.1) is 5.92 Å². The van der Waals surface area contributed by atoms with Gasteiger partial charge in [-0.25, -0.2) is 0 Å². The van der Waals surface area contributed by atoms with Crippen LogP contribution in [0.1, 0.15) is 36.0 Å². The fourth-order valence-electron chi connectivity index (χ4n) is 4.36. The highest BCUT2D eigenvalue weighted by Gasteiger charge is 2.26. The Labute approximate surface area is 161 Å². The van der Waals surface area contributed by atoms with Crippen LogP contribution in [0.5, 0.6) is 5.75 Å². The summed E-state index contributed by atoms with van der Waals surface area (Å²) in [4.78, 5) is 17.0. The molecule has 4 nitrogen and oxygen atoms in total. The van der Waals surface area contributed by atoms with Gasteiger partial charge in [-0.2, -0.15) is 0 Å². The first kappa shape index (κ1) is 18.1. The zero-order valence-electron chi connectivity index (χ0n) is 15.8. The fraction of sp³-hybridized carbons (Fsp3) is 0.435. The number of likely N-dealkylation sites (tertiary alicyclic amines) is 1. The van der Waals surface area contributed by atoms with Crippen LogP contribution in [0.2, 0.25) is 0 Å². The molecule has 2 heterocycles. The van der Waals surface area contributed by atoms with Crippen LogP contribution in [0.25, 0.3) is 0 Å². The topological polar surface area (TPSA) is 43.8 Å². The molecular formula is C23H28N2O2. The number of aromatic hydroxyl groups is 1. The summed E-state index contributed by atoms with van der Waals surface area (Å²) in [7, 11) is 0. The van der Waals surface area contributed by atoms with Crippen molar-refractivity contribution in [2.45, 2.75) is 38.8 Å². The highest BCUT2D eigenvalue weighted by Crippen LogP contribution is 2.24. The molecule has 4 heteroatoms. The summed E-state index contributed by atoms with van der Waals surface area (Å²) < 4.78 is 0. The molecule has 1 N–H and O–H groups in total. The zero-order valence-corrected chi connectivity index (χ0v) is 15.8. The minimum atomic E-state index is 0.305. The van der Waals surface area contributed by atoms with E-state index in [1.165, 1.54) is 16.7 Å². The Balaban J connectivity index is 1.18. The quantitative estimate of drug-likeness (QED) is 0.852. The van der Waals surface area contributed by atoms with Crippen LogP contribution >= 0.6 is 0 Å². The maximum absolute atomic E-state index is 12.6. The smallest absolute Gasteiger partial charge is 0.222 e. The van der Waals surface area contributed by atoms with Gasteiger partial charge in [-0.3, -0.25) is 9.69 Å². The number of phenols is 1. The van der Waals surface area contributed by atoms with Gasteiger partial charge in [-0.15, -0.1) is 0 Å². The lowest BCUT2D eigenvalue weighted by Gasteiger charge is -2.18. The molecule has 1 fully saturated rings. The van der Waals surface area contributed by atoms with E-state index >= 15 is 0 Å². The third-order valence-electron chi connectivity index (χ3n) is 5.87. The van der Waals surface area contributed by atoms with Crippen molar-refractivity contribution in [1.82, 2.24) is 9.80 Å². The summed E-state index contributed by atoms with van der Waals surface area (Å²) in [6, 6.07) is 16.1. The number of phenolic OH excluding ortho intramolecular Hbond substituents is 1. The number of carbonyl (C=O) groups is 1. The van der Waals surface area contributed by atoms with Crippen molar-refractivity contribution in [3.63, 3.8) is 0 Å². The molecule has 4 rings (SSSR count). The lowest BCUT2D eigenvalue weighted by atomic mass is 9.99. The van der Waals surface area contributed by atoms with Gasteiger partial charge in [0.05, 0.1) is 0 Å². The summed E-state index contributed by atoms with van der Waals surface area (Å²) in [6.07, 6.45) is 3.65. The van der Waals surface area contributed by atoms with Gasteiger partial charge in [0, 0.05) is 32.6 Å². The van der Waals surface area contributed by atoms with Gasteiger partial charge in [-0.05, 0) is 60.5 Å². The maximum atomic E-state index is 12.6. The standard InChI is InChI=1S/C23H28N2O2/c26-22-9-7-18(8-10-22)14-19-11-13-25(15-19)23(27)6-3-12-24-16-20-4-1-2-5-21(20)17-24/h1-2,4-5,7-10,19,26H,3,6,11-17H2. The Kier molecular flexibility index (Phi) is 5.44. The molecule has 1 atom stereocenters. The van der Waals surface area contributed by atoms with Gasteiger partial charge < -0.3 is 10.0 Å². The molecule has 2 aliphatic heterocycles. The molecule has 1 saturated heterocycles. The summed E-state index contributed by atoms with van der Waals surface area (Å²) in [6.45, 7) is 4.78. The molecule has 2 aliphatic rings. The van der Waals surface area contributed by atoms with Crippen LogP contribution < -0.4 is 0 Å². The van der Waals surface area contributed by atoms with Crippen molar-refractivity contribution >= 4 is 5.91 Å². The lowest BCUT2D eigenvalue weighted by molar-refractivity contribution is -0.130. The van der Waals surface area contributed by atoms with Crippen LogP contribution in [-0.4, -0.2) is 40.4 Å². The minimum absolute atomic E-state index is 0.305. The molecular weight excluding hydrogens is 336 g/mol. The van der Waals surface area contributed by atoms with Crippen molar-refractivity contribution in [1.29, 1.82) is 0 Å². The number of hydrogen-bond donors (Lipinski definition) is 1. The SMILES string of the molecule is O=C(CCCN1Cc2ccccc2C1)N1CCC(Cc2ccc(O)cc2)C1. The third-order valence-corrected chi connectivity index (χ3v) is 5.87. The summed E-state index contributed by atoms with van der Waals surface area (Å²) >= 11 is 0. The van der Waals surface area contributed by atoms with E-state index < -0.39 is 0 Å². The summed E-state index contributed by atoms with van der Waals surface area (Å²) in [5, 5.41) is 9.39. The van der Waals surface area contributed by atoms with E-state index in [9.17, 15) is 9.90 Å². The van der Waals surface area contributed by atoms with E-state index in [1.54, 1.807) is 12.1 Å². The predicted molar refractivity (Wildman–Crippen MR) is 106 cm³/mol. The largest absolute Gasteiger partial charge is 0.508 e. The van der Waals surface area contributed by atoms with Gasteiger partial charge in [0.15, 0.2) is 0 Å². The normalized spacial score (nSPS) is 19.4. The van der Waals surface area contributed by atoms with Gasteiger partial charge in [0.25, 0.3) is 0 Å². The number of amides is 1. The first-order valence-corrected chi connectivity index (χ1v) is 10.0. The second-order valence-corrected chi connectivity index (χ2v) is 7.95. The Morgan fingerprint density at radius 1 is 1.04 bits per heavy atom. The average molecular weight is 364 g/mol. The second kappa shape index (κ2) is 8.13. The van der Waals surface area contributed by atoms with Gasteiger partial charge in [0.2, 0.25) is 5.91 Å². The molecule has 142 valence electrons. The lowest BCUT2D eigenvalue weighted by Crippen LogP contribution is -2.29. The van der Waals surface area contributed by atoms with Crippen molar-refractivity contribution in [2.75, 3.05) is 19.6 Å². The van der Waals surface area contributed by atoms with E-state index in [4.69, 9.17) is 0 Å². The molecule has 27 heavy (non-hydrogen) atoms. The Morgan fingerprint density at radius 3 is 2.44 bits per heavy atom. The Morgan fingerprint density at radius 2 is 1.74 bits per heavy atom. The number of carbonyl (C=O) groups excluding carboxylic acids is 1. The van der Waals surface area contributed by atoms with Gasteiger partial charge in [0.1, 0.15) is 5.75 Å². The summed E-state index contributed by atoms with van der Waals surface area (Å²) in [5.41, 5.74) is 4.10. The highest BCUT2D eigenvalue weighted by molar-refractivity contribution is 5.76. The average Bonchev–Trinajstić information content (AvgIpc) is 3.30. The van der Waals surface area contributed by atoms with E-state index in [2.05, 4.69) is 29.2 Å². The van der Waals surface area contributed by atoms with Crippen molar-refractivity contribution in [2.24, 2.45) is 5.92 Å². The summed E-state index contributed by atoms with van der Waals surface area (Å²) in [5.74, 6) is 1.15. The predicted octanol–water partition coefficient (Wildman–Crippen LogP) is 3.58. The van der Waals surface area contributed by atoms with Crippen LogP contribution in [0.15, 0.2) is 48.5 Å². The van der Waals surface area contributed by atoms with Crippen LogP contribution in [0.4, 0.5) is 0 Å². The molecule has 0 spiro atoms. The number of hydrogen-bond acceptors (Lipinski definition) is 3. The van der Waals surface area contributed by atoms with Crippen LogP contribution in [-0.2, 0) is 24.3 Å². The molecule has 0 aliphatic carbocycles. The van der Waals surface area contributed by atoms with Crippen molar-refractivity contribution in [3.8, 4) is 5.75 Å². The first-order valence-electron chi connectivity index (χ1n) is 10.0. The first-order chi connectivity index (χ1) is 13.2. The number of benzene rings is 2. The number of fused-ring (bicyclic) bond motifs is 1. The van der Waals surface area contributed by atoms with E-state index in [1.807, 2.05) is 17.0 Å². The van der Waals surface area contributed by atoms with Crippen LogP contribution in [0.3, 0.4) is 0 Å². The molecule has 0 radical (unpaired) electrons. The number of rotatable bonds is 6. The van der Waals surface area contributed by atoms with E-state index in [0.29, 0.717) is 24.0 Å². The molecule has 1 unspecified atom stereocenters. The van der Waals surface area contributed by atoms with Crippen molar-refractivity contribution < 1.29 is 9.90 Å². The zero-order chi connectivity index (χ0) is 18.6. The van der Waals surface area contributed by atoms with Gasteiger partial charge >= 0.3 is 0 Å². The molecule has 0 aromatic heterocycles. The van der Waals surface area contributed by atoms with Crippen molar-refractivity contribution in [3.05, 3.63) is 65.2 Å². The minimum Gasteiger partial charge on any atom is -0.508 e. The number of nitrogens with zero attached hydrogens (tertiary/aromatic N) is 2. The monoisotopic (exact) mass is 364 g/mol. The van der Waals surface area contributed by atoms with E-state index in [-0.39, 0.29) is 0 Å². The molecule has 0 saturated carbocycles. The second-order valence-electron chi connectivity index (χ2n) is 7.95. The molecule has 1 amide bonds. The highest BCUT2D eigenvalue weighted by atomic mass is 16.3. The Bertz CT molecular complexity index is 762. The molecule has 0 bridgehead atoms. The maximum Gasteiger partial charge on any atom is 0.222 e. The molecule has 2 aromatic rings. The third kappa shape index (κ3) is 4.51. The Hall–Kier alpha value is -2.33.